The maximum atomic E-state index is 12.5. The van der Waals surface area contributed by atoms with Gasteiger partial charge in [0, 0.05) is 0 Å². The van der Waals surface area contributed by atoms with Gasteiger partial charge in [0.15, 0.2) is 0 Å². The minimum Gasteiger partial charge on any atom is -0.207 e. The highest BCUT2D eigenvalue weighted by Crippen LogP contribution is 2.05. The van der Waals surface area contributed by atoms with Gasteiger partial charge in [0.1, 0.15) is 5.82 Å². The first-order valence-electron chi connectivity index (χ1n) is 4.18. The SMILES string of the molecule is CC=CCCc1ccc(F)cc1. The fourth-order valence-electron chi connectivity index (χ4n) is 1.07. The molecule has 0 saturated heterocycles. The Balaban J connectivity index is 2.47. The third-order valence-corrected chi connectivity index (χ3v) is 1.75. The van der Waals surface area contributed by atoms with E-state index in [0.717, 1.165) is 12.8 Å². The molecule has 1 aromatic rings. The van der Waals surface area contributed by atoms with Crippen LogP contribution in [-0.2, 0) is 6.42 Å². The molecule has 0 unspecified atom stereocenters. The van der Waals surface area contributed by atoms with E-state index in [2.05, 4.69) is 6.08 Å². The second-order valence-corrected chi connectivity index (χ2v) is 2.73. The molecule has 0 atom stereocenters. The Kier molecular flexibility index (Phi) is 3.52. The van der Waals surface area contributed by atoms with Crippen molar-refractivity contribution in [2.75, 3.05) is 0 Å². The van der Waals surface area contributed by atoms with Crippen LogP contribution in [0, 0.1) is 5.82 Å². The van der Waals surface area contributed by atoms with Crippen molar-refractivity contribution in [2.45, 2.75) is 19.8 Å². The van der Waals surface area contributed by atoms with Crippen LogP contribution in [0.3, 0.4) is 0 Å². The van der Waals surface area contributed by atoms with Gasteiger partial charge in [0.2, 0.25) is 0 Å². The Morgan fingerprint density at radius 3 is 2.50 bits per heavy atom. The average Bonchev–Trinajstić information content (AvgIpc) is 2.09. The second kappa shape index (κ2) is 4.70. The van der Waals surface area contributed by atoms with E-state index >= 15 is 0 Å². The van der Waals surface area contributed by atoms with Crippen LogP contribution in [0.5, 0.6) is 0 Å². The van der Waals surface area contributed by atoms with Gasteiger partial charge in [-0.2, -0.15) is 0 Å². The van der Waals surface area contributed by atoms with Crippen molar-refractivity contribution in [3.05, 3.63) is 47.8 Å². The predicted molar refractivity (Wildman–Crippen MR) is 49.5 cm³/mol. The van der Waals surface area contributed by atoms with Gasteiger partial charge in [-0.3, -0.25) is 0 Å². The molecule has 1 rings (SSSR count). The maximum Gasteiger partial charge on any atom is 0.123 e. The van der Waals surface area contributed by atoms with Crippen molar-refractivity contribution in [3.8, 4) is 0 Å². The van der Waals surface area contributed by atoms with Crippen LogP contribution < -0.4 is 0 Å². The van der Waals surface area contributed by atoms with Gasteiger partial charge < -0.3 is 0 Å². The summed E-state index contributed by atoms with van der Waals surface area (Å²) >= 11 is 0. The standard InChI is InChI=1S/C11H13F/c1-2-3-4-5-10-6-8-11(12)9-7-10/h2-3,6-9H,4-5H2,1H3. The molecule has 0 saturated carbocycles. The molecule has 0 spiro atoms. The number of allylic oxidation sites excluding steroid dienone is 2. The van der Waals surface area contributed by atoms with Gasteiger partial charge >= 0.3 is 0 Å². The molecule has 0 aliphatic rings. The molecule has 0 amide bonds. The van der Waals surface area contributed by atoms with Crippen molar-refractivity contribution < 1.29 is 4.39 Å². The zero-order valence-electron chi connectivity index (χ0n) is 7.26. The fourth-order valence-corrected chi connectivity index (χ4v) is 1.07. The van der Waals surface area contributed by atoms with E-state index in [0.29, 0.717) is 0 Å². The van der Waals surface area contributed by atoms with E-state index in [1.165, 1.54) is 17.7 Å². The summed E-state index contributed by atoms with van der Waals surface area (Å²) in [5.74, 6) is -0.162. The number of rotatable bonds is 3. The first-order chi connectivity index (χ1) is 5.83. The second-order valence-electron chi connectivity index (χ2n) is 2.73. The first kappa shape index (κ1) is 8.98. The summed E-state index contributed by atoms with van der Waals surface area (Å²) < 4.78 is 12.5. The van der Waals surface area contributed by atoms with Crippen molar-refractivity contribution in [3.63, 3.8) is 0 Å². The number of hydrogen-bond acceptors (Lipinski definition) is 0. The highest BCUT2D eigenvalue weighted by Gasteiger charge is 1.91. The Labute approximate surface area is 72.7 Å². The van der Waals surface area contributed by atoms with Crippen LogP contribution in [0.1, 0.15) is 18.9 Å². The van der Waals surface area contributed by atoms with Gasteiger partial charge in [0.05, 0.1) is 0 Å². The summed E-state index contributed by atoms with van der Waals surface area (Å²) in [5.41, 5.74) is 1.19. The van der Waals surface area contributed by atoms with Gasteiger partial charge in [-0.15, -0.1) is 0 Å². The van der Waals surface area contributed by atoms with Gasteiger partial charge in [0.25, 0.3) is 0 Å². The normalized spacial score (nSPS) is 10.8. The number of benzene rings is 1. The number of aryl methyl sites for hydroxylation is 1. The molecule has 0 aliphatic carbocycles. The zero-order valence-corrected chi connectivity index (χ0v) is 7.26. The molecule has 0 fully saturated rings. The molecule has 0 aliphatic heterocycles. The molecular formula is C11H13F. The third-order valence-electron chi connectivity index (χ3n) is 1.75. The molecule has 0 bridgehead atoms. The van der Waals surface area contributed by atoms with Gasteiger partial charge in [-0.05, 0) is 37.5 Å². The summed E-state index contributed by atoms with van der Waals surface area (Å²) in [7, 11) is 0. The lowest BCUT2D eigenvalue weighted by molar-refractivity contribution is 0.627. The summed E-state index contributed by atoms with van der Waals surface area (Å²) in [6, 6.07) is 6.67. The Morgan fingerprint density at radius 2 is 1.92 bits per heavy atom. The lowest BCUT2D eigenvalue weighted by Gasteiger charge is -1.96. The molecule has 1 heteroatoms. The number of halogens is 1. The van der Waals surface area contributed by atoms with Crippen LogP contribution in [0.15, 0.2) is 36.4 Å². The quantitative estimate of drug-likeness (QED) is 0.601. The van der Waals surface area contributed by atoms with Gasteiger partial charge in [-0.25, -0.2) is 4.39 Å². The van der Waals surface area contributed by atoms with Crippen LogP contribution in [0.4, 0.5) is 4.39 Å². The topological polar surface area (TPSA) is 0 Å². The Bertz CT molecular complexity index is 246. The molecular weight excluding hydrogens is 151 g/mol. The average molecular weight is 164 g/mol. The lowest BCUT2D eigenvalue weighted by atomic mass is 10.1. The molecule has 1 aromatic carbocycles. The smallest absolute Gasteiger partial charge is 0.123 e. The van der Waals surface area contributed by atoms with E-state index in [1.807, 2.05) is 25.1 Å². The van der Waals surface area contributed by atoms with Crippen molar-refractivity contribution >= 4 is 0 Å². The highest BCUT2D eigenvalue weighted by atomic mass is 19.1. The fraction of sp³-hybridized carbons (Fsp3) is 0.273. The van der Waals surface area contributed by atoms with E-state index in [9.17, 15) is 4.39 Å². The minimum absolute atomic E-state index is 0.162. The Hall–Kier alpha value is -1.11. The van der Waals surface area contributed by atoms with Gasteiger partial charge in [-0.1, -0.05) is 24.3 Å². The molecule has 12 heavy (non-hydrogen) atoms. The lowest BCUT2D eigenvalue weighted by Crippen LogP contribution is -1.83. The largest absolute Gasteiger partial charge is 0.207 e. The molecule has 0 nitrogen and oxygen atoms in total. The van der Waals surface area contributed by atoms with Crippen molar-refractivity contribution in [1.29, 1.82) is 0 Å². The summed E-state index contributed by atoms with van der Waals surface area (Å²) in [6.07, 6.45) is 6.17. The Morgan fingerprint density at radius 1 is 1.25 bits per heavy atom. The van der Waals surface area contributed by atoms with Crippen molar-refractivity contribution in [2.24, 2.45) is 0 Å². The van der Waals surface area contributed by atoms with Crippen LogP contribution >= 0.6 is 0 Å². The van der Waals surface area contributed by atoms with Crippen LogP contribution in [0.2, 0.25) is 0 Å². The number of hydrogen-bond donors (Lipinski definition) is 0. The van der Waals surface area contributed by atoms with Crippen LogP contribution in [-0.4, -0.2) is 0 Å². The summed E-state index contributed by atoms with van der Waals surface area (Å²) in [5, 5.41) is 0. The van der Waals surface area contributed by atoms with E-state index < -0.39 is 0 Å². The maximum absolute atomic E-state index is 12.5. The summed E-state index contributed by atoms with van der Waals surface area (Å²) in [6.45, 7) is 2.00. The van der Waals surface area contributed by atoms with Crippen LogP contribution in [0.25, 0.3) is 0 Å². The molecule has 64 valence electrons. The zero-order chi connectivity index (χ0) is 8.81. The molecule has 0 aromatic heterocycles. The molecule has 0 heterocycles. The molecule has 0 N–H and O–H groups in total. The first-order valence-corrected chi connectivity index (χ1v) is 4.18. The summed E-state index contributed by atoms with van der Waals surface area (Å²) in [4.78, 5) is 0. The minimum atomic E-state index is -0.162. The molecule has 0 radical (unpaired) electrons. The van der Waals surface area contributed by atoms with Crippen molar-refractivity contribution in [1.82, 2.24) is 0 Å². The van der Waals surface area contributed by atoms with E-state index in [-0.39, 0.29) is 5.82 Å². The highest BCUT2D eigenvalue weighted by molar-refractivity contribution is 5.16. The predicted octanol–water partition coefficient (Wildman–Crippen LogP) is 3.33. The monoisotopic (exact) mass is 164 g/mol. The van der Waals surface area contributed by atoms with E-state index in [1.54, 1.807) is 0 Å². The third kappa shape index (κ3) is 2.87. The van der Waals surface area contributed by atoms with E-state index in [4.69, 9.17) is 0 Å².